The Balaban J connectivity index is 1.89. The van der Waals surface area contributed by atoms with E-state index in [0.29, 0.717) is 23.4 Å². The number of halogens is 1. The fourth-order valence-electron chi connectivity index (χ4n) is 4.57. The average Bonchev–Trinajstić information content (AvgIpc) is 3.15. The van der Waals surface area contributed by atoms with Crippen molar-refractivity contribution in [2.75, 3.05) is 13.2 Å². The normalized spacial score (nSPS) is 16.1. The smallest absolute Gasteiger partial charge is 0.333 e. The molecule has 0 amide bonds. The van der Waals surface area contributed by atoms with E-state index in [1.54, 1.807) is 39.2 Å². The fraction of sp³-hybridized carbons (Fsp3) is 0.536. The van der Waals surface area contributed by atoms with Crippen molar-refractivity contribution in [1.29, 1.82) is 0 Å². The predicted molar refractivity (Wildman–Crippen MR) is 152 cm³/mol. The van der Waals surface area contributed by atoms with Gasteiger partial charge in [-0.1, -0.05) is 30.3 Å². The maximum Gasteiger partial charge on any atom is 0.333 e. The van der Waals surface area contributed by atoms with Crippen LogP contribution in [-0.4, -0.2) is 40.0 Å². The minimum Gasteiger partial charge on any atom is -0.458 e. The van der Waals surface area contributed by atoms with Crippen LogP contribution in [0.3, 0.4) is 0 Å². The molecule has 0 aliphatic carbocycles. The Hall–Kier alpha value is -2.27. The van der Waals surface area contributed by atoms with Gasteiger partial charge in [-0.3, -0.25) is 9.36 Å². The molecule has 3 heterocycles. The summed E-state index contributed by atoms with van der Waals surface area (Å²) in [6.45, 7) is 11.6. The standard InChI is InChI=1S/C28H35BrN2O6S/c1-17-21-23(32)31(28(5,6)25(33)37-27(2,3)4)26(34)30(24(21)38-22(17)29)16-20(18-10-8-7-9-11-18)36-19-12-14-35-15-13-19/h7-11,19-20H,12-16H2,1-6H3. The fourth-order valence-corrected chi connectivity index (χ4v) is 6.26. The van der Waals surface area contributed by atoms with Gasteiger partial charge in [-0.15, -0.1) is 11.3 Å². The molecule has 0 spiro atoms. The molecule has 1 aliphatic heterocycles. The Morgan fingerprint density at radius 2 is 1.76 bits per heavy atom. The molecule has 206 valence electrons. The minimum atomic E-state index is -1.54. The molecule has 1 aliphatic rings. The number of carbonyl (C=O) groups excluding carboxylic acids is 1. The van der Waals surface area contributed by atoms with Crippen LogP contribution in [0.25, 0.3) is 10.2 Å². The highest BCUT2D eigenvalue weighted by Crippen LogP contribution is 2.34. The molecule has 0 radical (unpaired) electrons. The Labute approximate surface area is 234 Å². The summed E-state index contributed by atoms with van der Waals surface area (Å²) in [5, 5.41) is 0.399. The van der Waals surface area contributed by atoms with Crippen LogP contribution < -0.4 is 11.2 Å². The molecule has 8 nitrogen and oxygen atoms in total. The van der Waals surface area contributed by atoms with Gasteiger partial charge < -0.3 is 14.2 Å². The number of aryl methyl sites for hydroxylation is 1. The van der Waals surface area contributed by atoms with Crippen LogP contribution in [0, 0.1) is 6.92 Å². The summed E-state index contributed by atoms with van der Waals surface area (Å²) in [6, 6.07) is 9.76. The Kier molecular flexibility index (Phi) is 8.37. The molecule has 1 aromatic carbocycles. The van der Waals surface area contributed by atoms with Crippen LogP contribution >= 0.6 is 27.3 Å². The Morgan fingerprint density at radius 3 is 2.37 bits per heavy atom. The lowest BCUT2D eigenvalue weighted by Crippen LogP contribution is -2.54. The van der Waals surface area contributed by atoms with E-state index in [1.807, 2.05) is 37.3 Å². The molecule has 1 atom stereocenters. The number of ether oxygens (including phenoxy) is 3. The lowest BCUT2D eigenvalue weighted by atomic mass is 10.0. The van der Waals surface area contributed by atoms with Gasteiger partial charge in [-0.05, 0) is 81.4 Å². The molecule has 1 unspecified atom stereocenters. The summed E-state index contributed by atoms with van der Waals surface area (Å²) < 4.78 is 21.0. The summed E-state index contributed by atoms with van der Waals surface area (Å²) in [6.07, 6.45) is 1.07. The topological polar surface area (TPSA) is 88.8 Å². The highest BCUT2D eigenvalue weighted by atomic mass is 79.9. The second kappa shape index (κ2) is 11.1. The van der Waals surface area contributed by atoms with E-state index in [-0.39, 0.29) is 12.6 Å². The Bertz CT molecular complexity index is 1430. The number of carbonyl (C=O) groups is 1. The van der Waals surface area contributed by atoms with Crippen LogP contribution in [0.1, 0.15) is 64.7 Å². The van der Waals surface area contributed by atoms with E-state index in [4.69, 9.17) is 14.2 Å². The van der Waals surface area contributed by atoms with Crippen LogP contribution in [0.5, 0.6) is 0 Å². The summed E-state index contributed by atoms with van der Waals surface area (Å²) in [5.41, 5.74) is -1.77. The number of hydrogen-bond donors (Lipinski definition) is 0. The van der Waals surface area contributed by atoms with Gasteiger partial charge in [0.05, 0.1) is 21.8 Å². The third-order valence-corrected chi connectivity index (χ3v) is 8.84. The van der Waals surface area contributed by atoms with Gasteiger partial charge in [0.15, 0.2) is 0 Å². The molecule has 3 aromatic rings. The average molecular weight is 608 g/mol. The molecule has 0 bridgehead atoms. The summed E-state index contributed by atoms with van der Waals surface area (Å²) >= 11 is 4.88. The first-order valence-electron chi connectivity index (χ1n) is 12.8. The van der Waals surface area contributed by atoms with Crippen LogP contribution in [0.2, 0.25) is 0 Å². The summed E-state index contributed by atoms with van der Waals surface area (Å²) in [4.78, 5) is 41.7. The number of benzene rings is 1. The molecule has 1 saturated heterocycles. The van der Waals surface area contributed by atoms with E-state index < -0.39 is 34.5 Å². The quantitative estimate of drug-likeness (QED) is 0.339. The van der Waals surface area contributed by atoms with Gasteiger partial charge in [-0.2, -0.15) is 0 Å². The van der Waals surface area contributed by atoms with Gasteiger partial charge in [0.25, 0.3) is 5.56 Å². The highest BCUT2D eigenvalue weighted by molar-refractivity contribution is 9.11. The first-order chi connectivity index (χ1) is 17.8. The van der Waals surface area contributed by atoms with Crippen molar-refractivity contribution in [2.45, 2.75) is 84.3 Å². The van der Waals surface area contributed by atoms with Crippen molar-refractivity contribution in [1.82, 2.24) is 9.13 Å². The first kappa shape index (κ1) is 28.7. The van der Waals surface area contributed by atoms with Crippen LogP contribution in [0.4, 0.5) is 0 Å². The SMILES string of the molecule is Cc1c(Br)sc2c1c(=O)n(C(C)(C)C(=O)OC(C)(C)C)c(=O)n2CC(OC1CCOCC1)c1ccccc1. The minimum absolute atomic E-state index is 0.0129. The number of rotatable bonds is 7. The van der Waals surface area contributed by atoms with E-state index in [2.05, 4.69) is 15.9 Å². The van der Waals surface area contributed by atoms with Gasteiger partial charge in [0.2, 0.25) is 0 Å². The molecule has 1 fully saturated rings. The van der Waals surface area contributed by atoms with E-state index in [1.165, 1.54) is 11.3 Å². The predicted octanol–water partition coefficient (Wildman–Crippen LogP) is 5.31. The summed E-state index contributed by atoms with van der Waals surface area (Å²) in [5.74, 6) is -0.653. The molecule has 10 heteroatoms. The second-order valence-electron chi connectivity index (χ2n) is 11.1. The molecule has 2 aromatic heterocycles. The maximum atomic E-state index is 14.1. The maximum absolute atomic E-state index is 14.1. The lowest BCUT2D eigenvalue weighted by Gasteiger charge is -2.31. The monoisotopic (exact) mass is 606 g/mol. The van der Waals surface area contributed by atoms with Gasteiger partial charge in [0.1, 0.15) is 22.1 Å². The van der Waals surface area contributed by atoms with Gasteiger partial charge in [0, 0.05) is 13.2 Å². The van der Waals surface area contributed by atoms with E-state index >= 15 is 0 Å². The number of thiophene rings is 1. The van der Waals surface area contributed by atoms with E-state index in [0.717, 1.165) is 32.3 Å². The summed E-state index contributed by atoms with van der Waals surface area (Å²) in [7, 11) is 0. The highest BCUT2D eigenvalue weighted by Gasteiger charge is 2.39. The third-order valence-electron chi connectivity index (χ3n) is 6.66. The van der Waals surface area contributed by atoms with E-state index in [9.17, 15) is 14.4 Å². The third kappa shape index (κ3) is 5.83. The molecule has 0 N–H and O–H groups in total. The van der Waals surface area contributed by atoms with Crippen molar-refractivity contribution in [3.05, 3.63) is 66.1 Å². The zero-order chi connectivity index (χ0) is 27.8. The zero-order valence-electron chi connectivity index (χ0n) is 22.7. The van der Waals surface area contributed by atoms with Gasteiger partial charge in [-0.25, -0.2) is 14.2 Å². The molecule has 0 saturated carbocycles. The number of hydrogen-bond acceptors (Lipinski definition) is 7. The van der Waals surface area contributed by atoms with Crippen LogP contribution in [0.15, 0.2) is 43.7 Å². The Morgan fingerprint density at radius 1 is 1.13 bits per heavy atom. The molecule has 4 rings (SSSR count). The first-order valence-corrected chi connectivity index (χ1v) is 14.4. The van der Waals surface area contributed by atoms with Crippen molar-refractivity contribution in [2.24, 2.45) is 0 Å². The molecular formula is C28H35BrN2O6S. The van der Waals surface area contributed by atoms with Crippen LogP contribution in [-0.2, 0) is 31.1 Å². The van der Waals surface area contributed by atoms with Crippen molar-refractivity contribution >= 4 is 43.5 Å². The van der Waals surface area contributed by atoms with Crippen molar-refractivity contribution < 1.29 is 19.0 Å². The number of fused-ring (bicyclic) bond motifs is 1. The number of esters is 1. The largest absolute Gasteiger partial charge is 0.458 e. The van der Waals surface area contributed by atoms with Gasteiger partial charge >= 0.3 is 11.7 Å². The zero-order valence-corrected chi connectivity index (χ0v) is 25.1. The second-order valence-corrected chi connectivity index (χ2v) is 13.4. The van der Waals surface area contributed by atoms with Crippen molar-refractivity contribution in [3.8, 4) is 0 Å². The number of nitrogens with zero attached hydrogens (tertiary/aromatic N) is 2. The number of aromatic nitrogens is 2. The molecule has 38 heavy (non-hydrogen) atoms. The molecular weight excluding hydrogens is 572 g/mol. The van der Waals surface area contributed by atoms with Crippen molar-refractivity contribution in [3.63, 3.8) is 0 Å². The lowest BCUT2D eigenvalue weighted by molar-refractivity contribution is -0.164.